The number of benzene rings is 2. The largest absolute Gasteiger partial charge is 0.448 e. The highest BCUT2D eigenvalue weighted by Gasteiger charge is 2.28. The Morgan fingerprint density at radius 1 is 0.789 bits per heavy atom. The molecule has 3 rings (SSSR count). The molecule has 1 aliphatic rings. The Balaban J connectivity index is 2.23. The van der Waals surface area contributed by atoms with E-state index in [4.69, 9.17) is 55.9 Å². The summed E-state index contributed by atoms with van der Waals surface area (Å²) in [4.78, 5) is 0. The van der Waals surface area contributed by atoms with E-state index in [0.717, 1.165) is 0 Å². The Hall–Kier alpha value is -0.320. The molecule has 7 heteroatoms. The van der Waals surface area contributed by atoms with Gasteiger partial charge in [0.25, 0.3) is 0 Å². The minimum atomic E-state index is 0.243. The van der Waals surface area contributed by atoms with Crippen molar-refractivity contribution in [3.05, 3.63) is 42.8 Å². The molecule has 1 aliphatic heterocycles. The Bertz CT molecular complexity index is 703. The van der Waals surface area contributed by atoms with Gasteiger partial charge in [0.15, 0.2) is 23.0 Å². The predicted molar refractivity (Wildman–Crippen MR) is 80.8 cm³/mol. The molecule has 0 unspecified atom stereocenters. The highest BCUT2D eigenvalue weighted by atomic mass is 79.9. The lowest BCUT2D eigenvalue weighted by Crippen LogP contribution is -2.01. The summed E-state index contributed by atoms with van der Waals surface area (Å²) in [6.45, 7) is 0. The fraction of sp³-hybridized carbons (Fsp3) is 0. The molecule has 2 nitrogen and oxygen atoms in total. The summed E-state index contributed by atoms with van der Waals surface area (Å²) in [6.07, 6.45) is 0. The van der Waals surface area contributed by atoms with Crippen molar-refractivity contribution in [3.8, 4) is 23.0 Å². The molecule has 2 aromatic rings. The van der Waals surface area contributed by atoms with Gasteiger partial charge in [-0.1, -0.05) is 46.4 Å². The number of halogens is 5. The third kappa shape index (κ3) is 2.18. The summed E-state index contributed by atoms with van der Waals surface area (Å²) in [5.74, 6) is 1.40. The Morgan fingerprint density at radius 2 is 1.37 bits per heavy atom. The Morgan fingerprint density at radius 3 is 2.00 bits per heavy atom. The third-order valence-corrected chi connectivity index (χ3v) is 4.81. The van der Waals surface area contributed by atoms with Crippen LogP contribution in [-0.2, 0) is 0 Å². The van der Waals surface area contributed by atoms with Crippen LogP contribution in [0.4, 0.5) is 0 Å². The van der Waals surface area contributed by atoms with Crippen LogP contribution in [0.15, 0.2) is 22.7 Å². The molecule has 0 radical (unpaired) electrons. The van der Waals surface area contributed by atoms with Crippen molar-refractivity contribution in [2.45, 2.75) is 0 Å². The SMILES string of the molecule is Clc1ccc(Cl)c2c1Oc1cc(Br)c(Cl)c(Cl)c1O2. The first-order valence-electron chi connectivity index (χ1n) is 5.00. The molecule has 1 heterocycles. The lowest BCUT2D eigenvalue weighted by molar-refractivity contribution is 0.360. The minimum absolute atomic E-state index is 0.243. The summed E-state index contributed by atoms with van der Waals surface area (Å²) < 4.78 is 12.0. The predicted octanol–water partition coefficient (Wildman–Crippen LogP) is 6.96. The maximum Gasteiger partial charge on any atom is 0.190 e. The second kappa shape index (κ2) is 4.90. The van der Waals surface area contributed by atoms with Crippen molar-refractivity contribution < 1.29 is 9.47 Å². The second-order valence-electron chi connectivity index (χ2n) is 3.71. The topological polar surface area (TPSA) is 18.5 Å². The van der Waals surface area contributed by atoms with Crippen LogP contribution in [0.2, 0.25) is 20.1 Å². The van der Waals surface area contributed by atoms with Crippen molar-refractivity contribution in [2.75, 3.05) is 0 Å². The first kappa shape index (κ1) is 13.7. The smallest absolute Gasteiger partial charge is 0.190 e. The molecule has 0 saturated heterocycles. The zero-order chi connectivity index (χ0) is 13.7. The van der Waals surface area contributed by atoms with Gasteiger partial charge in [-0.15, -0.1) is 0 Å². The van der Waals surface area contributed by atoms with E-state index in [-0.39, 0.29) is 5.02 Å². The lowest BCUT2D eigenvalue weighted by atomic mass is 10.2. The number of rotatable bonds is 0. The fourth-order valence-electron chi connectivity index (χ4n) is 1.64. The maximum atomic E-state index is 6.13. The van der Waals surface area contributed by atoms with Crippen LogP contribution in [-0.4, -0.2) is 0 Å². The second-order valence-corrected chi connectivity index (χ2v) is 6.13. The molecular weight excluding hydrogens is 398 g/mol. The number of fused-ring (bicyclic) bond motifs is 2. The Labute approximate surface area is 137 Å². The van der Waals surface area contributed by atoms with Crippen molar-refractivity contribution in [1.29, 1.82) is 0 Å². The maximum absolute atomic E-state index is 6.13. The van der Waals surface area contributed by atoms with Gasteiger partial charge in [-0.25, -0.2) is 0 Å². The van der Waals surface area contributed by atoms with Crippen LogP contribution in [0.25, 0.3) is 0 Å². The van der Waals surface area contributed by atoms with Crippen molar-refractivity contribution in [3.63, 3.8) is 0 Å². The van der Waals surface area contributed by atoms with E-state index in [1.807, 2.05) is 0 Å². The molecule has 0 N–H and O–H groups in total. The zero-order valence-corrected chi connectivity index (χ0v) is 13.5. The van der Waals surface area contributed by atoms with Gasteiger partial charge >= 0.3 is 0 Å². The highest BCUT2D eigenvalue weighted by Crippen LogP contribution is 2.56. The molecule has 0 saturated carbocycles. The van der Waals surface area contributed by atoms with E-state index in [1.54, 1.807) is 18.2 Å². The van der Waals surface area contributed by atoms with E-state index in [0.29, 0.717) is 42.5 Å². The van der Waals surface area contributed by atoms with Crippen LogP contribution in [0.3, 0.4) is 0 Å². The molecule has 0 amide bonds. The number of hydrogen-bond acceptors (Lipinski definition) is 2. The van der Waals surface area contributed by atoms with Crippen LogP contribution in [0, 0.1) is 0 Å². The molecule has 0 aromatic heterocycles. The van der Waals surface area contributed by atoms with Gasteiger partial charge in [0.2, 0.25) is 0 Å². The van der Waals surface area contributed by atoms with Crippen LogP contribution in [0.5, 0.6) is 23.0 Å². The lowest BCUT2D eigenvalue weighted by Gasteiger charge is -2.23. The van der Waals surface area contributed by atoms with E-state index in [2.05, 4.69) is 15.9 Å². The normalized spacial score (nSPS) is 12.3. The first-order valence-corrected chi connectivity index (χ1v) is 7.30. The third-order valence-electron chi connectivity index (χ3n) is 2.52. The molecule has 0 aliphatic carbocycles. The summed E-state index contributed by atoms with van der Waals surface area (Å²) in [6, 6.07) is 4.90. The quantitative estimate of drug-likeness (QED) is 0.380. The van der Waals surface area contributed by atoms with Crippen molar-refractivity contribution in [1.82, 2.24) is 0 Å². The zero-order valence-electron chi connectivity index (χ0n) is 8.94. The van der Waals surface area contributed by atoms with Gasteiger partial charge in [0.05, 0.1) is 15.1 Å². The summed E-state index contributed by atoms with van der Waals surface area (Å²) in [5.41, 5.74) is 0. The summed E-state index contributed by atoms with van der Waals surface area (Å²) in [5, 5.41) is 1.35. The number of hydrogen-bond donors (Lipinski definition) is 0. The summed E-state index contributed by atoms with van der Waals surface area (Å²) >= 11 is 27.6. The minimum Gasteiger partial charge on any atom is -0.448 e. The van der Waals surface area contributed by atoms with Crippen LogP contribution in [0.1, 0.15) is 0 Å². The van der Waals surface area contributed by atoms with Gasteiger partial charge in [0.1, 0.15) is 5.02 Å². The molecular formula is C12H3BrCl4O2. The average Bonchev–Trinajstić information content (AvgIpc) is 2.39. The number of ether oxygens (including phenoxy) is 2. The molecule has 98 valence electrons. The van der Waals surface area contributed by atoms with E-state index < -0.39 is 0 Å². The standard InChI is InChI=1S/C12H3BrCl4O2/c13-4-3-7-12(9(17)8(4)16)19-11-6(15)2-1-5(14)10(11)18-7/h1-3H. The monoisotopic (exact) mass is 398 g/mol. The average molecular weight is 401 g/mol. The summed E-state index contributed by atoms with van der Waals surface area (Å²) in [7, 11) is 0. The van der Waals surface area contributed by atoms with E-state index in [9.17, 15) is 0 Å². The molecule has 19 heavy (non-hydrogen) atoms. The van der Waals surface area contributed by atoms with E-state index in [1.165, 1.54) is 0 Å². The molecule has 0 bridgehead atoms. The fourth-order valence-corrected chi connectivity index (χ4v) is 2.91. The molecule has 2 aromatic carbocycles. The molecule has 0 atom stereocenters. The van der Waals surface area contributed by atoms with Crippen LogP contribution < -0.4 is 9.47 Å². The van der Waals surface area contributed by atoms with Gasteiger partial charge in [0, 0.05) is 10.5 Å². The Kier molecular flexibility index (Phi) is 3.52. The van der Waals surface area contributed by atoms with Gasteiger partial charge in [-0.3, -0.25) is 0 Å². The highest BCUT2D eigenvalue weighted by molar-refractivity contribution is 9.10. The van der Waals surface area contributed by atoms with Crippen molar-refractivity contribution in [2.24, 2.45) is 0 Å². The van der Waals surface area contributed by atoms with Gasteiger partial charge in [-0.05, 0) is 28.1 Å². The van der Waals surface area contributed by atoms with Gasteiger partial charge < -0.3 is 9.47 Å². The van der Waals surface area contributed by atoms with Gasteiger partial charge in [-0.2, -0.15) is 0 Å². The first-order chi connectivity index (χ1) is 8.99. The van der Waals surface area contributed by atoms with E-state index >= 15 is 0 Å². The molecule has 0 fully saturated rings. The van der Waals surface area contributed by atoms with Crippen LogP contribution >= 0.6 is 62.3 Å². The molecule has 0 spiro atoms. The van der Waals surface area contributed by atoms with Crippen molar-refractivity contribution >= 4 is 62.3 Å².